The molecule has 1 aromatic heterocycles. The Morgan fingerprint density at radius 2 is 2.12 bits per heavy atom. The number of halogens is 1. The van der Waals surface area contributed by atoms with Crippen LogP contribution in [0, 0.1) is 0 Å². The number of ether oxygens (including phenoxy) is 1. The molecule has 0 bridgehead atoms. The molecule has 1 aliphatic heterocycles. The molecule has 2 fully saturated rings. The molecule has 4 rings (SSSR count). The van der Waals surface area contributed by atoms with Gasteiger partial charge >= 0.3 is 0 Å². The summed E-state index contributed by atoms with van der Waals surface area (Å²) in [6, 6.07) is 9.23. The molecule has 24 heavy (non-hydrogen) atoms. The van der Waals surface area contributed by atoms with Gasteiger partial charge in [-0.3, -0.25) is 4.79 Å². The molecular weight excluding hydrogens is 328 g/mol. The first-order chi connectivity index (χ1) is 11.7. The lowest BCUT2D eigenvalue weighted by Crippen LogP contribution is -2.39. The summed E-state index contributed by atoms with van der Waals surface area (Å²) in [5, 5.41) is 7.84. The van der Waals surface area contributed by atoms with Gasteiger partial charge < -0.3 is 14.6 Å². The number of nitrogens with zero attached hydrogens (tertiary/aromatic N) is 1. The second-order valence-corrected chi connectivity index (χ2v) is 6.95. The van der Waals surface area contributed by atoms with Crippen molar-refractivity contribution in [2.24, 2.45) is 0 Å². The molecule has 0 radical (unpaired) electrons. The second kappa shape index (κ2) is 6.22. The first-order valence-corrected chi connectivity index (χ1v) is 8.68. The van der Waals surface area contributed by atoms with Gasteiger partial charge in [0, 0.05) is 29.8 Å². The number of rotatable bonds is 5. The molecule has 1 N–H and O–H groups in total. The van der Waals surface area contributed by atoms with Gasteiger partial charge in [0.2, 0.25) is 5.91 Å². The smallest absolute Gasteiger partial charge is 0.232 e. The van der Waals surface area contributed by atoms with Gasteiger partial charge in [0.1, 0.15) is 0 Å². The van der Waals surface area contributed by atoms with Crippen LogP contribution in [0.4, 0.5) is 0 Å². The number of carbonyl (C=O) groups excluding carboxylic acids is 1. The fourth-order valence-electron chi connectivity index (χ4n) is 3.16. The SMILES string of the molecule is O=C(NCC1CCCO1)C1(c2cc(-c3ccc(Cl)cc3)on2)CC1. The molecular formula is C18H19ClN2O3. The molecule has 2 heterocycles. The molecule has 5 nitrogen and oxygen atoms in total. The van der Waals surface area contributed by atoms with Crippen molar-refractivity contribution in [2.75, 3.05) is 13.2 Å². The van der Waals surface area contributed by atoms with Crippen molar-refractivity contribution in [2.45, 2.75) is 37.2 Å². The summed E-state index contributed by atoms with van der Waals surface area (Å²) in [4.78, 5) is 12.6. The van der Waals surface area contributed by atoms with E-state index in [0.717, 1.165) is 37.9 Å². The van der Waals surface area contributed by atoms with Crippen LogP contribution in [-0.2, 0) is 14.9 Å². The Morgan fingerprint density at radius 3 is 2.79 bits per heavy atom. The summed E-state index contributed by atoms with van der Waals surface area (Å²) in [5.74, 6) is 0.675. The Balaban J connectivity index is 1.46. The fourth-order valence-corrected chi connectivity index (χ4v) is 3.28. The first-order valence-electron chi connectivity index (χ1n) is 8.30. The molecule has 1 unspecified atom stereocenters. The molecule has 6 heteroatoms. The molecule has 1 atom stereocenters. The highest BCUT2D eigenvalue weighted by Crippen LogP contribution is 2.48. The molecule has 1 amide bonds. The lowest BCUT2D eigenvalue weighted by Gasteiger charge is -2.15. The molecule has 126 valence electrons. The van der Waals surface area contributed by atoms with Crippen LogP contribution in [0.15, 0.2) is 34.9 Å². The number of aromatic nitrogens is 1. The van der Waals surface area contributed by atoms with Gasteiger partial charge in [-0.05, 0) is 49.9 Å². The third-order valence-corrected chi connectivity index (χ3v) is 5.08. The number of carbonyl (C=O) groups is 1. The number of hydrogen-bond donors (Lipinski definition) is 1. The average Bonchev–Trinajstić information content (AvgIpc) is 3.01. The highest BCUT2D eigenvalue weighted by atomic mass is 35.5. The van der Waals surface area contributed by atoms with Crippen LogP contribution in [0.5, 0.6) is 0 Å². The average molecular weight is 347 g/mol. The van der Waals surface area contributed by atoms with E-state index in [0.29, 0.717) is 23.0 Å². The Kier molecular flexibility index (Phi) is 4.06. The third-order valence-electron chi connectivity index (χ3n) is 4.83. The molecule has 0 spiro atoms. The largest absolute Gasteiger partial charge is 0.376 e. The van der Waals surface area contributed by atoms with Crippen LogP contribution in [-0.4, -0.2) is 30.3 Å². The van der Waals surface area contributed by atoms with Crippen molar-refractivity contribution in [1.82, 2.24) is 10.5 Å². The van der Waals surface area contributed by atoms with E-state index < -0.39 is 5.41 Å². The number of amides is 1. The Morgan fingerprint density at radius 1 is 1.33 bits per heavy atom. The summed E-state index contributed by atoms with van der Waals surface area (Å²) in [6.45, 7) is 1.36. The van der Waals surface area contributed by atoms with Crippen LogP contribution in [0.1, 0.15) is 31.4 Å². The third kappa shape index (κ3) is 2.94. The Bertz CT molecular complexity index is 731. The predicted molar refractivity (Wildman–Crippen MR) is 89.8 cm³/mol. The van der Waals surface area contributed by atoms with E-state index in [1.54, 1.807) is 12.1 Å². The highest BCUT2D eigenvalue weighted by Gasteiger charge is 2.53. The van der Waals surface area contributed by atoms with E-state index in [4.69, 9.17) is 20.9 Å². The van der Waals surface area contributed by atoms with Gasteiger partial charge in [0.05, 0.1) is 17.2 Å². The standard InChI is InChI=1S/C18H19ClN2O3/c19-13-5-3-12(4-6-13)15-10-16(21-24-15)18(7-8-18)17(22)20-11-14-2-1-9-23-14/h3-6,10,14H,1-2,7-9,11H2,(H,20,22). The zero-order valence-corrected chi connectivity index (χ0v) is 14.0. The lowest BCUT2D eigenvalue weighted by molar-refractivity contribution is -0.124. The summed E-state index contributed by atoms with van der Waals surface area (Å²) in [6.07, 6.45) is 3.83. The Labute approximate surface area is 145 Å². The zero-order valence-electron chi connectivity index (χ0n) is 13.3. The number of nitrogens with one attached hydrogen (secondary N) is 1. The van der Waals surface area contributed by atoms with Gasteiger partial charge in [-0.1, -0.05) is 16.8 Å². The van der Waals surface area contributed by atoms with Crippen LogP contribution in [0.3, 0.4) is 0 Å². The van der Waals surface area contributed by atoms with E-state index >= 15 is 0 Å². The summed E-state index contributed by atoms with van der Waals surface area (Å²) >= 11 is 5.91. The zero-order chi connectivity index (χ0) is 16.6. The maximum absolute atomic E-state index is 12.6. The first kappa shape index (κ1) is 15.7. The van der Waals surface area contributed by atoms with E-state index in [-0.39, 0.29) is 12.0 Å². The number of benzene rings is 1. The van der Waals surface area contributed by atoms with Gasteiger partial charge in [-0.15, -0.1) is 0 Å². The van der Waals surface area contributed by atoms with Crippen molar-refractivity contribution >= 4 is 17.5 Å². The van der Waals surface area contributed by atoms with Crippen molar-refractivity contribution in [3.8, 4) is 11.3 Å². The van der Waals surface area contributed by atoms with E-state index in [9.17, 15) is 4.79 Å². The fraction of sp³-hybridized carbons (Fsp3) is 0.444. The van der Waals surface area contributed by atoms with Crippen molar-refractivity contribution in [3.05, 3.63) is 41.0 Å². The van der Waals surface area contributed by atoms with Gasteiger partial charge in [-0.2, -0.15) is 0 Å². The monoisotopic (exact) mass is 346 g/mol. The molecule has 2 aliphatic rings. The van der Waals surface area contributed by atoms with Crippen LogP contribution < -0.4 is 5.32 Å². The van der Waals surface area contributed by atoms with Gasteiger partial charge in [-0.25, -0.2) is 0 Å². The summed E-state index contributed by atoms with van der Waals surface area (Å²) in [7, 11) is 0. The van der Waals surface area contributed by atoms with E-state index in [1.165, 1.54) is 0 Å². The maximum Gasteiger partial charge on any atom is 0.232 e. The summed E-state index contributed by atoms with van der Waals surface area (Å²) in [5.41, 5.74) is 1.07. The van der Waals surface area contributed by atoms with Gasteiger partial charge in [0.25, 0.3) is 0 Å². The van der Waals surface area contributed by atoms with Crippen LogP contribution >= 0.6 is 11.6 Å². The van der Waals surface area contributed by atoms with Crippen molar-refractivity contribution < 1.29 is 14.1 Å². The highest BCUT2D eigenvalue weighted by molar-refractivity contribution is 6.30. The van der Waals surface area contributed by atoms with E-state index in [2.05, 4.69) is 10.5 Å². The quantitative estimate of drug-likeness (QED) is 0.902. The maximum atomic E-state index is 12.6. The van der Waals surface area contributed by atoms with Crippen molar-refractivity contribution in [1.29, 1.82) is 0 Å². The minimum Gasteiger partial charge on any atom is -0.376 e. The number of hydrogen-bond acceptors (Lipinski definition) is 4. The Hall–Kier alpha value is -1.85. The minimum atomic E-state index is -0.535. The topological polar surface area (TPSA) is 64.4 Å². The van der Waals surface area contributed by atoms with Crippen molar-refractivity contribution in [3.63, 3.8) is 0 Å². The predicted octanol–water partition coefficient (Wildman–Crippen LogP) is 3.32. The minimum absolute atomic E-state index is 0.0222. The second-order valence-electron chi connectivity index (χ2n) is 6.51. The van der Waals surface area contributed by atoms with Crippen LogP contribution in [0.25, 0.3) is 11.3 Å². The molecule has 1 aromatic carbocycles. The van der Waals surface area contributed by atoms with Crippen LogP contribution in [0.2, 0.25) is 5.02 Å². The lowest BCUT2D eigenvalue weighted by atomic mass is 10.00. The molecule has 1 aliphatic carbocycles. The van der Waals surface area contributed by atoms with E-state index in [1.807, 2.05) is 18.2 Å². The molecule has 1 saturated heterocycles. The summed E-state index contributed by atoms with van der Waals surface area (Å²) < 4.78 is 11.0. The van der Waals surface area contributed by atoms with Gasteiger partial charge in [0.15, 0.2) is 5.76 Å². The molecule has 2 aromatic rings. The normalized spacial score (nSPS) is 21.6. The molecule has 1 saturated carbocycles.